The normalized spacial score (nSPS) is 15.2. The second kappa shape index (κ2) is 6.24. The van der Waals surface area contributed by atoms with Gasteiger partial charge in [0, 0.05) is 28.1 Å². The van der Waals surface area contributed by atoms with Crippen molar-refractivity contribution in [3.05, 3.63) is 64.5 Å². The fraction of sp³-hybridized carbons (Fsp3) is 0.0625. The van der Waals surface area contributed by atoms with Gasteiger partial charge in [-0.05, 0) is 24.3 Å². The van der Waals surface area contributed by atoms with Crippen molar-refractivity contribution >= 4 is 40.6 Å². The highest BCUT2D eigenvalue weighted by atomic mass is 35.5. The van der Waals surface area contributed by atoms with Crippen LogP contribution in [0, 0.1) is 0 Å². The van der Waals surface area contributed by atoms with Crippen molar-refractivity contribution in [1.82, 2.24) is 0 Å². The Kier molecular flexibility index (Phi) is 4.18. The van der Waals surface area contributed by atoms with Crippen LogP contribution in [0.3, 0.4) is 0 Å². The van der Waals surface area contributed by atoms with Crippen LogP contribution in [0.2, 0.25) is 5.02 Å². The summed E-state index contributed by atoms with van der Waals surface area (Å²) in [6.45, 7) is 0.650. The summed E-state index contributed by atoms with van der Waals surface area (Å²) in [5, 5.41) is 6.62. The summed E-state index contributed by atoms with van der Waals surface area (Å²) in [7, 11) is 0. The number of benzene rings is 2. The predicted molar refractivity (Wildman–Crippen MR) is 89.0 cm³/mol. The topological polar surface area (TPSA) is 41.1 Å². The standard InChI is InChI=1S/C16H13ClN2OS/c17-12-5-1-2-6-13(12)19-16(20)9-11-10-18-14-7-3-4-8-15(14)21-11/h1-9,18H,10H2,(H,19,20). The lowest BCUT2D eigenvalue weighted by molar-refractivity contribution is -0.111. The number of carbonyl (C=O) groups is 1. The maximum Gasteiger partial charge on any atom is 0.249 e. The zero-order chi connectivity index (χ0) is 14.7. The number of hydrogen-bond acceptors (Lipinski definition) is 3. The number of thioether (sulfide) groups is 1. The van der Waals surface area contributed by atoms with Crippen molar-refractivity contribution in [2.75, 3.05) is 17.2 Å². The number of rotatable bonds is 2. The Bertz CT molecular complexity index is 715. The molecule has 2 N–H and O–H groups in total. The lowest BCUT2D eigenvalue weighted by atomic mass is 10.3. The molecule has 1 aliphatic heterocycles. The van der Waals surface area contributed by atoms with Gasteiger partial charge in [-0.15, -0.1) is 0 Å². The Morgan fingerprint density at radius 2 is 1.95 bits per heavy atom. The van der Waals surface area contributed by atoms with Crippen molar-refractivity contribution in [3.8, 4) is 0 Å². The molecular formula is C16H13ClN2OS. The predicted octanol–water partition coefficient (Wildman–Crippen LogP) is 4.38. The minimum Gasteiger partial charge on any atom is -0.380 e. The van der Waals surface area contributed by atoms with Gasteiger partial charge in [-0.3, -0.25) is 4.79 Å². The summed E-state index contributed by atoms with van der Waals surface area (Å²) in [5.74, 6) is -0.174. The van der Waals surface area contributed by atoms with Gasteiger partial charge in [0.05, 0.1) is 10.7 Å². The molecule has 5 heteroatoms. The average molecular weight is 317 g/mol. The number of anilines is 2. The molecule has 0 saturated carbocycles. The Labute approximate surface area is 132 Å². The Balaban J connectivity index is 1.72. The Hall–Kier alpha value is -1.91. The molecule has 0 fully saturated rings. The van der Waals surface area contributed by atoms with Gasteiger partial charge >= 0.3 is 0 Å². The van der Waals surface area contributed by atoms with Crippen LogP contribution in [0.25, 0.3) is 0 Å². The Morgan fingerprint density at radius 3 is 2.81 bits per heavy atom. The molecule has 0 aliphatic carbocycles. The highest BCUT2D eigenvalue weighted by Gasteiger charge is 2.13. The number of amides is 1. The van der Waals surface area contributed by atoms with Gasteiger partial charge in [0.25, 0.3) is 0 Å². The first kappa shape index (κ1) is 14.0. The summed E-state index contributed by atoms with van der Waals surface area (Å²) >= 11 is 7.63. The van der Waals surface area contributed by atoms with Crippen LogP contribution in [0.5, 0.6) is 0 Å². The zero-order valence-corrected chi connectivity index (χ0v) is 12.7. The molecule has 0 spiro atoms. The molecule has 2 aromatic carbocycles. The second-order valence-corrected chi connectivity index (χ2v) is 6.11. The monoisotopic (exact) mass is 316 g/mol. The second-order valence-electron chi connectivity index (χ2n) is 4.53. The molecule has 3 nitrogen and oxygen atoms in total. The molecule has 0 aromatic heterocycles. The molecule has 0 radical (unpaired) electrons. The third-order valence-corrected chi connectivity index (χ3v) is 4.43. The van der Waals surface area contributed by atoms with E-state index in [4.69, 9.17) is 11.6 Å². The molecule has 0 bridgehead atoms. The SMILES string of the molecule is O=C(C=C1CNc2ccccc2S1)Nc1ccccc1Cl. The van der Waals surface area contributed by atoms with E-state index in [1.165, 1.54) is 0 Å². The minimum atomic E-state index is -0.174. The van der Waals surface area contributed by atoms with Gasteiger partial charge in [-0.25, -0.2) is 0 Å². The van der Waals surface area contributed by atoms with Gasteiger partial charge < -0.3 is 10.6 Å². The average Bonchev–Trinajstić information content (AvgIpc) is 2.49. The number of nitrogens with one attached hydrogen (secondary N) is 2. The maximum absolute atomic E-state index is 12.1. The van der Waals surface area contributed by atoms with Crippen LogP contribution in [0.1, 0.15) is 0 Å². The van der Waals surface area contributed by atoms with Gasteiger partial charge in [-0.2, -0.15) is 0 Å². The van der Waals surface area contributed by atoms with Crippen molar-refractivity contribution in [1.29, 1.82) is 0 Å². The molecule has 0 atom stereocenters. The lowest BCUT2D eigenvalue weighted by Gasteiger charge is -2.19. The third-order valence-electron chi connectivity index (χ3n) is 3.00. The van der Waals surface area contributed by atoms with E-state index in [2.05, 4.69) is 10.6 Å². The summed E-state index contributed by atoms with van der Waals surface area (Å²) in [6.07, 6.45) is 1.61. The largest absolute Gasteiger partial charge is 0.380 e. The molecule has 0 unspecified atom stereocenters. The van der Waals surface area contributed by atoms with Crippen LogP contribution >= 0.6 is 23.4 Å². The number of hydrogen-bond donors (Lipinski definition) is 2. The molecule has 21 heavy (non-hydrogen) atoms. The summed E-state index contributed by atoms with van der Waals surface area (Å²) in [5.41, 5.74) is 1.72. The highest BCUT2D eigenvalue weighted by Crippen LogP contribution is 2.36. The Morgan fingerprint density at radius 1 is 1.19 bits per heavy atom. The first-order valence-corrected chi connectivity index (χ1v) is 7.68. The first-order valence-electron chi connectivity index (χ1n) is 6.49. The zero-order valence-electron chi connectivity index (χ0n) is 11.1. The highest BCUT2D eigenvalue weighted by molar-refractivity contribution is 8.03. The molecule has 0 saturated heterocycles. The number of halogens is 1. The van der Waals surface area contributed by atoms with Crippen LogP contribution < -0.4 is 10.6 Å². The molecular weight excluding hydrogens is 304 g/mol. The van der Waals surface area contributed by atoms with Gasteiger partial charge in [-0.1, -0.05) is 47.6 Å². The number of fused-ring (bicyclic) bond motifs is 1. The van der Waals surface area contributed by atoms with E-state index in [9.17, 15) is 4.79 Å². The van der Waals surface area contributed by atoms with Crippen LogP contribution in [-0.2, 0) is 4.79 Å². The van der Waals surface area contributed by atoms with E-state index in [1.807, 2.05) is 36.4 Å². The fourth-order valence-corrected chi connectivity index (χ4v) is 3.19. The molecule has 1 heterocycles. The van der Waals surface area contributed by atoms with E-state index in [0.29, 0.717) is 17.3 Å². The minimum absolute atomic E-state index is 0.174. The van der Waals surface area contributed by atoms with E-state index >= 15 is 0 Å². The van der Waals surface area contributed by atoms with Gasteiger partial charge in [0.1, 0.15) is 0 Å². The molecule has 3 rings (SSSR count). The fourth-order valence-electron chi connectivity index (χ4n) is 2.02. The van der Waals surface area contributed by atoms with E-state index in [1.54, 1.807) is 30.0 Å². The summed E-state index contributed by atoms with van der Waals surface area (Å²) in [6, 6.07) is 15.2. The molecule has 1 amide bonds. The van der Waals surface area contributed by atoms with Crippen molar-refractivity contribution in [3.63, 3.8) is 0 Å². The van der Waals surface area contributed by atoms with Crippen LogP contribution in [0.4, 0.5) is 11.4 Å². The van der Waals surface area contributed by atoms with Crippen molar-refractivity contribution in [2.45, 2.75) is 4.90 Å². The first-order chi connectivity index (χ1) is 10.2. The molecule has 1 aliphatic rings. The maximum atomic E-state index is 12.1. The summed E-state index contributed by atoms with van der Waals surface area (Å²) < 4.78 is 0. The van der Waals surface area contributed by atoms with Gasteiger partial charge in [0.15, 0.2) is 0 Å². The third kappa shape index (κ3) is 3.40. The van der Waals surface area contributed by atoms with Crippen LogP contribution in [-0.4, -0.2) is 12.5 Å². The molecule has 106 valence electrons. The lowest BCUT2D eigenvalue weighted by Crippen LogP contribution is -2.13. The molecule has 2 aromatic rings. The van der Waals surface area contributed by atoms with Crippen molar-refractivity contribution < 1.29 is 4.79 Å². The van der Waals surface area contributed by atoms with E-state index in [0.717, 1.165) is 15.5 Å². The van der Waals surface area contributed by atoms with E-state index < -0.39 is 0 Å². The number of para-hydroxylation sites is 2. The van der Waals surface area contributed by atoms with Crippen molar-refractivity contribution in [2.24, 2.45) is 0 Å². The van der Waals surface area contributed by atoms with E-state index in [-0.39, 0.29) is 5.91 Å². The summed E-state index contributed by atoms with van der Waals surface area (Å²) in [4.78, 5) is 14.2. The number of carbonyl (C=O) groups excluding carboxylic acids is 1. The van der Waals surface area contributed by atoms with Crippen LogP contribution in [0.15, 0.2) is 64.4 Å². The quantitative estimate of drug-likeness (QED) is 0.808. The van der Waals surface area contributed by atoms with Gasteiger partial charge in [0.2, 0.25) is 5.91 Å². The smallest absolute Gasteiger partial charge is 0.249 e.